The van der Waals surface area contributed by atoms with Crippen LogP contribution in [-0.4, -0.2) is 49.2 Å². The van der Waals surface area contributed by atoms with Gasteiger partial charge in [-0.15, -0.1) is 0 Å². The monoisotopic (exact) mass is 395 g/mol. The highest BCUT2D eigenvalue weighted by Gasteiger charge is 2.41. The van der Waals surface area contributed by atoms with Gasteiger partial charge < -0.3 is 15.0 Å². The van der Waals surface area contributed by atoms with E-state index in [4.69, 9.17) is 10.1 Å². The second-order valence-corrected chi connectivity index (χ2v) is 6.53. The first-order chi connectivity index (χ1) is 13.2. The summed E-state index contributed by atoms with van der Waals surface area (Å²) in [5.41, 5.74) is -0.963. The van der Waals surface area contributed by atoms with Crippen LogP contribution in [-0.2, 0) is 4.79 Å². The van der Waals surface area contributed by atoms with Crippen LogP contribution in [0.25, 0.3) is 5.57 Å². The zero-order valence-electron chi connectivity index (χ0n) is 16.1. The number of nitrogens with zero attached hydrogens (tertiary/aromatic N) is 1. The Morgan fingerprint density at radius 2 is 1.89 bits per heavy atom. The van der Waals surface area contributed by atoms with Crippen molar-refractivity contribution < 1.29 is 22.7 Å². The van der Waals surface area contributed by atoms with E-state index in [0.717, 1.165) is 5.56 Å². The first kappa shape index (κ1) is 21.5. The Kier molecular flexibility index (Phi) is 6.88. The van der Waals surface area contributed by atoms with Crippen molar-refractivity contribution in [3.05, 3.63) is 47.9 Å². The highest BCUT2D eigenvalue weighted by Crippen LogP contribution is 2.35. The van der Waals surface area contributed by atoms with Crippen molar-refractivity contribution >= 4 is 17.2 Å². The van der Waals surface area contributed by atoms with Crippen molar-refractivity contribution in [3.63, 3.8) is 0 Å². The Morgan fingerprint density at radius 1 is 1.32 bits per heavy atom. The molecule has 0 aromatic heterocycles. The number of nitrogens with one attached hydrogen (secondary N) is 2. The second kappa shape index (κ2) is 8.95. The number of ether oxygens (including phenoxy) is 1. The fourth-order valence-corrected chi connectivity index (χ4v) is 2.92. The summed E-state index contributed by atoms with van der Waals surface area (Å²) in [5, 5.41) is 9.57. The number of rotatable bonds is 9. The van der Waals surface area contributed by atoms with Gasteiger partial charge in [-0.3, -0.25) is 10.2 Å². The summed E-state index contributed by atoms with van der Waals surface area (Å²) in [4.78, 5) is 14.3. The lowest BCUT2D eigenvalue weighted by atomic mass is 9.98. The van der Waals surface area contributed by atoms with Crippen LogP contribution in [0.2, 0.25) is 0 Å². The van der Waals surface area contributed by atoms with E-state index >= 15 is 0 Å². The summed E-state index contributed by atoms with van der Waals surface area (Å²) in [7, 11) is 2.71. The van der Waals surface area contributed by atoms with Crippen molar-refractivity contribution in [2.75, 3.05) is 14.2 Å². The van der Waals surface area contributed by atoms with Crippen molar-refractivity contribution in [2.45, 2.75) is 38.3 Å². The van der Waals surface area contributed by atoms with Crippen LogP contribution in [0.3, 0.4) is 0 Å². The van der Waals surface area contributed by atoms with Gasteiger partial charge in [-0.05, 0) is 43.0 Å². The molecule has 0 heterocycles. The molecule has 1 aromatic rings. The molecule has 28 heavy (non-hydrogen) atoms. The van der Waals surface area contributed by atoms with Crippen LogP contribution in [0.15, 0.2) is 42.4 Å². The molecule has 2 rings (SSSR count). The Hall–Kier alpha value is -2.77. The molecule has 1 aliphatic rings. The standard InChI is InChI=1S/C20H24F3N3O2/c1-11(13-5-9-15(28-4)10-6-13)12(2)26(14-7-8-14)20(27)16(19(23)25-3)17(24)18(21)22/h5-6,9-10,12,14,18,24-25H,1,7-8H2,2-4H3/b19-16+,24-17?. The van der Waals surface area contributed by atoms with Crippen LogP contribution >= 0.6 is 0 Å². The molecule has 1 saturated carbocycles. The second-order valence-electron chi connectivity index (χ2n) is 6.53. The Labute approximate surface area is 162 Å². The Morgan fingerprint density at radius 3 is 2.32 bits per heavy atom. The fraction of sp³-hybridized carbons (Fsp3) is 0.400. The van der Waals surface area contributed by atoms with E-state index in [-0.39, 0.29) is 6.04 Å². The molecule has 5 nitrogen and oxygen atoms in total. The van der Waals surface area contributed by atoms with Gasteiger partial charge in [-0.1, -0.05) is 18.7 Å². The number of hydrogen-bond acceptors (Lipinski definition) is 4. The molecule has 1 amide bonds. The molecule has 8 heteroatoms. The third-order valence-electron chi connectivity index (χ3n) is 4.70. The normalized spacial score (nSPS) is 15.5. The van der Waals surface area contributed by atoms with E-state index in [1.165, 1.54) is 11.9 Å². The highest BCUT2D eigenvalue weighted by atomic mass is 19.3. The van der Waals surface area contributed by atoms with Crippen molar-refractivity contribution in [2.24, 2.45) is 0 Å². The maximum absolute atomic E-state index is 14.2. The number of hydrogen-bond donors (Lipinski definition) is 2. The minimum atomic E-state index is -3.26. The summed E-state index contributed by atoms with van der Waals surface area (Å²) in [6.07, 6.45) is -1.90. The van der Waals surface area contributed by atoms with Crippen LogP contribution in [0.5, 0.6) is 5.75 Å². The predicted octanol–water partition coefficient (Wildman–Crippen LogP) is 3.77. The maximum Gasteiger partial charge on any atom is 0.280 e. The molecule has 0 aliphatic heterocycles. The van der Waals surface area contributed by atoms with Gasteiger partial charge in [-0.2, -0.15) is 4.39 Å². The van der Waals surface area contributed by atoms with Gasteiger partial charge in [0.2, 0.25) is 5.95 Å². The first-order valence-corrected chi connectivity index (χ1v) is 8.83. The molecule has 1 unspecified atom stereocenters. The van der Waals surface area contributed by atoms with Gasteiger partial charge in [-0.25, -0.2) is 8.78 Å². The molecule has 0 spiro atoms. The third-order valence-corrected chi connectivity index (χ3v) is 4.70. The Bertz CT molecular complexity index is 786. The highest BCUT2D eigenvalue weighted by molar-refractivity contribution is 6.22. The Balaban J connectivity index is 2.36. The van der Waals surface area contributed by atoms with Crippen molar-refractivity contribution in [3.8, 4) is 5.75 Å². The zero-order chi connectivity index (χ0) is 21.0. The summed E-state index contributed by atoms with van der Waals surface area (Å²) in [6.45, 7) is 5.75. The number of halogens is 3. The van der Waals surface area contributed by atoms with Crippen molar-refractivity contribution in [1.82, 2.24) is 10.2 Å². The van der Waals surface area contributed by atoms with Gasteiger partial charge in [0.1, 0.15) is 17.0 Å². The molecule has 2 N–H and O–H groups in total. The number of amides is 1. The van der Waals surface area contributed by atoms with E-state index < -0.39 is 35.6 Å². The molecule has 1 atom stereocenters. The minimum Gasteiger partial charge on any atom is -0.497 e. The van der Waals surface area contributed by atoms with E-state index in [1.807, 2.05) is 0 Å². The van der Waals surface area contributed by atoms with E-state index in [1.54, 1.807) is 38.3 Å². The number of alkyl halides is 2. The molecule has 0 bridgehead atoms. The van der Waals surface area contributed by atoms with Gasteiger partial charge in [0, 0.05) is 13.1 Å². The van der Waals surface area contributed by atoms with E-state index in [0.29, 0.717) is 24.2 Å². The zero-order valence-corrected chi connectivity index (χ0v) is 16.1. The van der Waals surface area contributed by atoms with Gasteiger partial charge in [0.15, 0.2) is 0 Å². The first-order valence-electron chi connectivity index (χ1n) is 8.83. The lowest BCUT2D eigenvalue weighted by Crippen LogP contribution is -2.44. The molecule has 0 radical (unpaired) electrons. The number of carbonyl (C=O) groups is 1. The topological polar surface area (TPSA) is 65.4 Å². The fourth-order valence-electron chi connectivity index (χ4n) is 2.92. The van der Waals surface area contributed by atoms with Crippen LogP contribution in [0, 0.1) is 5.41 Å². The van der Waals surface area contributed by atoms with Crippen LogP contribution in [0.4, 0.5) is 13.2 Å². The summed E-state index contributed by atoms with van der Waals surface area (Å²) >= 11 is 0. The molecule has 1 aromatic carbocycles. The number of carbonyl (C=O) groups excluding carboxylic acids is 1. The summed E-state index contributed by atoms with van der Waals surface area (Å²) in [6, 6.07) is 6.27. The maximum atomic E-state index is 14.2. The minimum absolute atomic E-state index is 0.206. The molecule has 1 fully saturated rings. The SMILES string of the molecule is C=C(c1ccc(OC)cc1)C(C)N(C(=O)/C(C(=N)C(F)F)=C(\F)NC)C1CC1. The number of benzene rings is 1. The molecule has 1 aliphatic carbocycles. The van der Waals surface area contributed by atoms with Gasteiger partial charge >= 0.3 is 0 Å². The average molecular weight is 395 g/mol. The van der Waals surface area contributed by atoms with E-state index in [2.05, 4.69) is 11.9 Å². The average Bonchev–Trinajstić information content (AvgIpc) is 3.52. The predicted molar refractivity (Wildman–Crippen MR) is 102 cm³/mol. The molecular weight excluding hydrogens is 371 g/mol. The summed E-state index contributed by atoms with van der Waals surface area (Å²) < 4.78 is 45.4. The quantitative estimate of drug-likeness (QED) is 0.380. The summed E-state index contributed by atoms with van der Waals surface area (Å²) in [5.74, 6) is -1.53. The number of methoxy groups -OCH3 is 1. The largest absolute Gasteiger partial charge is 0.497 e. The van der Waals surface area contributed by atoms with Gasteiger partial charge in [0.25, 0.3) is 12.3 Å². The van der Waals surface area contributed by atoms with Crippen molar-refractivity contribution in [1.29, 1.82) is 5.41 Å². The van der Waals surface area contributed by atoms with Crippen LogP contribution in [0.1, 0.15) is 25.3 Å². The molecular formula is C20H24F3N3O2. The van der Waals surface area contributed by atoms with Gasteiger partial charge in [0.05, 0.1) is 13.2 Å². The molecule has 0 saturated heterocycles. The molecule has 152 valence electrons. The lowest BCUT2D eigenvalue weighted by molar-refractivity contribution is -0.128. The van der Waals surface area contributed by atoms with E-state index in [9.17, 15) is 18.0 Å². The third kappa shape index (κ3) is 4.55. The lowest BCUT2D eigenvalue weighted by Gasteiger charge is -2.32. The van der Waals surface area contributed by atoms with Crippen LogP contribution < -0.4 is 10.1 Å². The smallest absolute Gasteiger partial charge is 0.280 e.